The van der Waals surface area contributed by atoms with E-state index in [9.17, 15) is 4.79 Å². The average Bonchev–Trinajstić information content (AvgIpc) is 3.20. The number of nitrogens with one attached hydrogen (secondary N) is 3. The molecule has 1 aromatic carbocycles. The van der Waals surface area contributed by atoms with Gasteiger partial charge in [-0.2, -0.15) is 0 Å². The van der Waals surface area contributed by atoms with E-state index in [4.69, 9.17) is 0 Å². The molecule has 2 aliphatic rings. The van der Waals surface area contributed by atoms with Crippen molar-refractivity contribution in [2.45, 2.75) is 37.4 Å². The topological polar surface area (TPSA) is 82.2 Å². The van der Waals surface area contributed by atoms with Gasteiger partial charge in [0.2, 0.25) is 11.9 Å². The number of rotatable bonds is 4. The number of aromatic nitrogens is 2. The number of carbonyl (C=O) groups is 1. The van der Waals surface area contributed by atoms with Crippen LogP contribution in [0.25, 0.3) is 0 Å². The minimum Gasteiger partial charge on any atom is -0.350 e. The molecule has 2 saturated heterocycles. The zero-order chi connectivity index (χ0) is 17.8. The summed E-state index contributed by atoms with van der Waals surface area (Å²) in [6, 6.07) is 12.1. The Kier molecular flexibility index (Phi) is 5.08. The van der Waals surface area contributed by atoms with Crippen molar-refractivity contribution in [2.24, 2.45) is 0 Å². The first kappa shape index (κ1) is 16.9. The third kappa shape index (κ3) is 3.84. The second-order valence-corrected chi connectivity index (χ2v) is 6.88. The van der Waals surface area contributed by atoms with Gasteiger partial charge >= 0.3 is 0 Å². The van der Waals surface area contributed by atoms with Gasteiger partial charge in [-0.05, 0) is 30.9 Å². The fraction of sp³-hybridized carbons (Fsp3) is 0.421. The number of nitrogens with zero attached hydrogens (tertiary/aromatic N) is 3. The van der Waals surface area contributed by atoms with Crippen LogP contribution in [-0.2, 0) is 4.79 Å². The Morgan fingerprint density at radius 3 is 2.73 bits per heavy atom. The van der Waals surface area contributed by atoms with Gasteiger partial charge < -0.3 is 10.2 Å². The minimum absolute atomic E-state index is 0.0526. The second-order valence-electron chi connectivity index (χ2n) is 6.88. The number of benzene rings is 1. The molecule has 3 N–H and O–H groups in total. The summed E-state index contributed by atoms with van der Waals surface area (Å²) in [5, 5.41) is 3.19. The number of anilines is 1. The summed E-state index contributed by atoms with van der Waals surface area (Å²) in [6.07, 6.45) is 6.25. The molecule has 0 bridgehead atoms. The SMILES string of the molecule is O=C(NC1CCCN(c2ncccn2)C1)C1CC(c2ccccc2)NN1. The molecule has 0 spiro atoms. The van der Waals surface area contributed by atoms with Crippen molar-refractivity contribution < 1.29 is 4.79 Å². The molecule has 3 atom stereocenters. The summed E-state index contributed by atoms with van der Waals surface area (Å²) in [6.45, 7) is 1.67. The summed E-state index contributed by atoms with van der Waals surface area (Å²) >= 11 is 0. The fourth-order valence-corrected chi connectivity index (χ4v) is 3.66. The Bertz CT molecular complexity index is 725. The quantitative estimate of drug-likeness (QED) is 0.766. The second kappa shape index (κ2) is 7.80. The van der Waals surface area contributed by atoms with Gasteiger partial charge in [0, 0.05) is 37.6 Å². The summed E-state index contributed by atoms with van der Waals surface area (Å²) in [5.74, 6) is 0.785. The third-order valence-corrected chi connectivity index (χ3v) is 5.02. The first-order valence-electron chi connectivity index (χ1n) is 9.18. The maximum absolute atomic E-state index is 12.7. The lowest BCUT2D eigenvalue weighted by Crippen LogP contribution is -2.52. The molecule has 4 rings (SSSR count). The molecule has 1 amide bonds. The van der Waals surface area contributed by atoms with Crippen molar-refractivity contribution in [2.75, 3.05) is 18.0 Å². The predicted octanol–water partition coefficient (Wildman–Crippen LogP) is 1.17. The Hall–Kier alpha value is -2.51. The molecule has 7 heteroatoms. The molecule has 136 valence electrons. The van der Waals surface area contributed by atoms with Gasteiger partial charge in [0.25, 0.3) is 0 Å². The van der Waals surface area contributed by atoms with Crippen LogP contribution < -0.4 is 21.1 Å². The normalized spacial score (nSPS) is 25.8. The van der Waals surface area contributed by atoms with Gasteiger partial charge in [0.1, 0.15) is 6.04 Å². The molecule has 1 aromatic heterocycles. The molecule has 2 fully saturated rings. The molecule has 3 unspecified atom stereocenters. The summed E-state index contributed by atoms with van der Waals surface area (Å²) in [4.78, 5) is 23.4. The molecule has 2 aliphatic heterocycles. The molecule has 7 nitrogen and oxygen atoms in total. The van der Waals surface area contributed by atoms with Crippen LogP contribution in [0, 0.1) is 0 Å². The van der Waals surface area contributed by atoms with Gasteiger partial charge in [-0.1, -0.05) is 30.3 Å². The first-order valence-corrected chi connectivity index (χ1v) is 9.18. The van der Waals surface area contributed by atoms with E-state index in [0.29, 0.717) is 0 Å². The minimum atomic E-state index is -0.219. The van der Waals surface area contributed by atoms with Gasteiger partial charge in [0.05, 0.1) is 0 Å². The number of hydrogen-bond acceptors (Lipinski definition) is 6. The zero-order valence-electron chi connectivity index (χ0n) is 14.6. The summed E-state index contributed by atoms with van der Waals surface area (Å²) < 4.78 is 0. The van der Waals surface area contributed by atoms with E-state index in [-0.39, 0.29) is 24.0 Å². The van der Waals surface area contributed by atoms with Gasteiger partial charge in [-0.3, -0.25) is 4.79 Å². The maximum Gasteiger partial charge on any atom is 0.238 e. The van der Waals surface area contributed by atoms with E-state index >= 15 is 0 Å². The number of hydrazine groups is 1. The molecular formula is C19H24N6O. The highest BCUT2D eigenvalue weighted by atomic mass is 16.2. The van der Waals surface area contributed by atoms with Crippen LogP contribution in [0.5, 0.6) is 0 Å². The molecule has 0 saturated carbocycles. The maximum atomic E-state index is 12.7. The first-order chi connectivity index (χ1) is 12.8. The van der Waals surface area contributed by atoms with Crippen molar-refractivity contribution in [3.8, 4) is 0 Å². The Balaban J connectivity index is 1.32. The highest BCUT2D eigenvalue weighted by Crippen LogP contribution is 2.22. The smallest absolute Gasteiger partial charge is 0.238 e. The zero-order valence-corrected chi connectivity index (χ0v) is 14.6. The van der Waals surface area contributed by atoms with Crippen LogP contribution in [0.4, 0.5) is 5.95 Å². The molecule has 0 radical (unpaired) electrons. The van der Waals surface area contributed by atoms with Gasteiger partial charge in [-0.15, -0.1) is 0 Å². The van der Waals surface area contributed by atoms with E-state index in [0.717, 1.165) is 38.3 Å². The monoisotopic (exact) mass is 352 g/mol. The number of hydrogen-bond donors (Lipinski definition) is 3. The Labute approximate surface area is 153 Å². The average molecular weight is 352 g/mol. The van der Waals surface area contributed by atoms with Crippen molar-refractivity contribution in [1.29, 1.82) is 0 Å². The molecule has 0 aliphatic carbocycles. The van der Waals surface area contributed by atoms with Crippen LogP contribution in [-0.4, -0.2) is 41.0 Å². The fourth-order valence-electron chi connectivity index (χ4n) is 3.66. The largest absolute Gasteiger partial charge is 0.350 e. The van der Waals surface area contributed by atoms with Crippen molar-refractivity contribution >= 4 is 11.9 Å². The van der Waals surface area contributed by atoms with Crippen LogP contribution in [0.3, 0.4) is 0 Å². The van der Waals surface area contributed by atoms with Crippen molar-refractivity contribution in [3.05, 3.63) is 54.4 Å². The highest BCUT2D eigenvalue weighted by Gasteiger charge is 2.32. The van der Waals surface area contributed by atoms with E-state index in [2.05, 4.69) is 43.2 Å². The summed E-state index contributed by atoms with van der Waals surface area (Å²) in [7, 11) is 0. The van der Waals surface area contributed by atoms with Crippen LogP contribution in [0.1, 0.15) is 30.9 Å². The standard InChI is InChI=1S/C19H24N6O/c26-18(17-12-16(23-24-17)14-6-2-1-3-7-14)22-15-8-4-11-25(13-15)19-20-9-5-10-21-19/h1-3,5-7,9-10,15-17,23-24H,4,8,11-13H2,(H,22,26). The molecule has 3 heterocycles. The molecule has 2 aromatic rings. The molecular weight excluding hydrogens is 328 g/mol. The third-order valence-electron chi connectivity index (χ3n) is 5.02. The highest BCUT2D eigenvalue weighted by molar-refractivity contribution is 5.82. The van der Waals surface area contributed by atoms with E-state index in [1.165, 1.54) is 5.56 Å². The summed E-state index contributed by atoms with van der Waals surface area (Å²) in [5.41, 5.74) is 7.57. The van der Waals surface area contributed by atoms with Crippen LogP contribution >= 0.6 is 0 Å². The van der Waals surface area contributed by atoms with E-state index in [1.54, 1.807) is 12.4 Å². The Morgan fingerprint density at radius 1 is 1.12 bits per heavy atom. The van der Waals surface area contributed by atoms with Crippen LogP contribution in [0.2, 0.25) is 0 Å². The lowest BCUT2D eigenvalue weighted by molar-refractivity contribution is -0.123. The van der Waals surface area contributed by atoms with Crippen molar-refractivity contribution in [1.82, 2.24) is 26.1 Å². The predicted molar refractivity (Wildman–Crippen MR) is 99.3 cm³/mol. The number of carbonyl (C=O) groups excluding carboxylic acids is 1. The number of amides is 1. The number of piperidine rings is 1. The van der Waals surface area contributed by atoms with E-state index < -0.39 is 0 Å². The van der Waals surface area contributed by atoms with E-state index in [1.807, 2.05) is 24.3 Å². The lowest BCUT2D eigenvalue weighted by Gasteiger charge is -2.33. The van der Waals surface area contributed by atoms with Gasteiger partial charge in [-0.25, -0.2) is 20.8 Å². The Morgan fingerprint density at radius 2 is 1.92 bits per heavy atom. The lowest BCUT2D eigenvalue weighted by atomic mass is 10.0. The van der Waals surface area contributed by atoms with Gasteiger partial charge in [0.15, 0.2) is 0 Å². The van der Waals surface area contributed by atoms with Crippen LogP contribution in [0.15, 0.2) is 48.8 Å². The molecule has 26 heavy (non-hydrogen) atoms. The van der Waals surface area contributed by atoms with Crippen molar-refractivity contribution in [3.63, 3.8) is 0 Å².